The number of amides is 1. The van der Waals surface area contributed by atoms with Crippen LogP contribution in [0.2, 0.25) is 0 Å². The van der Waals surface area contributed by atoms with Crippen molar-refractivity contribution in [2.45, 2.75) is 24.4 Å². The summed E-state index contributed by atoms with van der Waals surface area (Å²) in [6.07, 6.45) is 2.86. The lowest BCUT2D eigenvalue weighted by Crippen LogP contribution is -2.68. The molecule has 2 aliphatic rings. The van der Waals surface area contributed by atoms with Gasteiger partial charge in [-0.1, -0.05) is 66.6 Å². The Labute approximate surface area is 186 Å². The predicted octanol–water partition coefficient (Wildman–Crippen LogP) is 3.40. The molecule has 156 valence electrons. The Morgan fingerprint density at radius 3 is 2.35 bits per heavy atom. The molecule has 2 aromatic carbocycles. The number of β-lactam (4-membered cyclic amide) rings is 1. The van der Waals surface area contributed by atoms with E-state index in [1.165, 1.54) is 16.7 Å². The standard InChI is InChI=1S/C25H22N2O3S/c1-2-3-6-15-19-16-31-24-20(26)23(28)27(24)21(19)25(29)30-22(17-11-7-4-8-12-17)18-13-9-5-10-14-18/h4-15,20,22,24H,16,26H2,1H3/b15-6+/t20-,24-/m1/s1. The third kappa shape index (κ3) is 4.15. The molecule has 1 fully saturated rings. The molecule has 0 aromatic heterocycles. The number of fused-ring (bicyclic) bond motifs is 1. The molecular weight excluding hydrogens is 408 g/mol. The number of allylic oxidation sites excluding steroid dienone is 2. The number of nitrogens with two attached hydrogens (primary N) is 1. The fourth-order valence-corrected chi connectivity index (χ4v) is 4.89. The van der Waals surface area contributed by atoms with E-state index in [-0.39, 0.29) is 17.0 Å². The zero-order valence-corrected chi connectivity index (χ0v) is 17.8. The van der Waals surface area contributed by atoms with Gasteiger partial charge in [-0.2, -0.15) is 0 Å². The minimum atomic E-state index is -0.604. The zero-order valence-electron chi connectivity index (χ0n) is 17.0. The highest BCUT2D eigenvalue weighted by molar-refractivity contribution is 8.00. The summed E-state index contributed by atoms with van der Waals surface area (Å²) in [5.74, 6) is 5.38. The maximum absolute atomic E-state index is 13.4. The number of hydrogen-bond donors (Lipinski definition) is 1. The van der Waals surface area contributed by atoms with E-state index in [2.05, 4.69) is 11.8 Å². The molecule has 1 saturated heterocycles. The van der Waals surface area contributed by atoms with Crippen LogP contribution in [0.1, 0.15) is 24.2 Å². The van der Waals surface area contributed by atoms with E-state index in [1.54, 1.807) is 19.1 Å². The SMILES string of the molecule is CC#C/C=C/C1=C(C(=O)OC(c2ccccc2)c2ccccc2)N2C(=O)[C@@H](N)[C@H]2SC1. The first kappa shape index (κ1) is 21.0. The van der Waals surface area contributed by atoms with Crippen molar-refractivity contribution >= 4 is 23.6 Å². The minimum absolute atomic E-state index is 0.251. The predicted molar refractivity (Wildman–Crippen MR) is 122 cm³/mol. The van der Waals surface area contributed by atoms with Crippen molar-refractivity contribution in [3.8, 4) is 11.8 Å². The van der Waals surface area contributed by atoms with Crippen LogP contribution in [0, 0.1) is 11.8 Å². The van der Waals surface area contributed by atoms with Crippen molar-refractivity contribution in [1.82, 2.24) is 4.90 Å². The fraction of sp³-hybridized carbons (Fsp3) is 0.200. The summed E-state index contributed by atoms with van der Waals surface area (Å²) in [6, 6.07) is 18.5. The second kappa shape index (κ2) is 9.25. The minimum Gasteiger partial charge on any atom is -0.448 e. The first-order valence-electron chi connectivity index (χ1n) is 9.95. The van der Waals surface area contributed by atoms with Gasteiger partial charge in [0.25, 0.3) is 0 Å². The van der Waals surface area contributed by atoms with Gasteiger partial charge in [-0.25, -0.2) is 4.79 Å². The van der Waals surface area contributed by atoms with E-state index in [0.29, 0.717) is 11.3 Å². The zero-order chi connectivity index (χ0) is 21.8. The van der Waals surface area contributed by atoms with Crippen LogP contribution in [0.15, 0.2) is 84.1 Å². The summed E-state index contributed by atoms with van der Waals surface area (Å²) >= 11 is 1.54. The van der Waals surface area contributed by atoms with Crippen molar-refractivity contribution < 1.29 is 14.3 Å². The van der Waals surface area contributed by atoms with E-state index in [9.17, 15) is 9.59 Å². The molecule has 1 amide bonds. The van der Waals surface area contributed by atoms with Gasteiger partial charge < -0.3 is 10.5 Å². The van der Waals surface area contributed by atoms with Crippen LogP contribution < -0.4 is 5.73 Å². The second-order valence-corrected chi connectivity index (χ2v) is 8.25. The molecule has 0 unspecified atom stereocenters. The number of ether oxygens (including phenoxy) is 1. The summed E-state index contributed by atoms with van der Waals surface area (Å²) in [5.41, 5.74) is 8.62. The van der Waals surface area contributed by atoms with Crippen molar-refractivity contribution in [3.63, 3.8) is 0 Å². The maximum Gasteiger partial charge on any atom is 0.356 e. The lowest BCUT2D eigenvalue weighted by molar-refractivity contribution is -0.153. The Hall–Kier alpha value is -3.27. The van der Waals surface area contributed by atoms with Gasteiger partial charge in [0.15, 0.2) is 6.10 Å². The van der Waals surface area contributed by atoms with Gasteiger partial charge in [0.1, 0.15) is 17.1 Å². The Morgan fingerprint density at radius 2 is 1.77 bits per heavy atom. The summed E-state index contributed by atoms with van der Waals surface area (Å²) in [4.78, 5) is 27.4. The molecule has 0 bridgehead atoms. The van der Waals surface area contributed by atoms with Crippen LogP contribution in [0.4, 0.5) is 0 Å². The molecule has 2 aliphatic heterocycles. The molecule has 2 N–H and O–H groups in total. The number of carbonyl (C=O) groups excluding carboxylic acids is 2. The van der Waals surface area contributed by atoms with Gasteiger partial charge in [0, 0.05) is 5.75 Å². The highest BCUT2D eigenvalue weighted by atomic mass is 32.2. The van der Waals surface area contributed by atoms with Crippen molar-refractivity contribution in [2.75, 3.05) is 5.75 Å². The van der Waals surface area contributed by atoms with Crippen molar-refractivity contribution in [1.29, 1.82) is 0 Å². The van der Waals surface area contributed by atoms with Crippen LogP contribution in [0.25, 0.3) is 0 Å². The van der Waals surface area contributed by atoms with E-state index in [4.69, 9.17) is 10.5 Å². The van der Waals surface area contributed by atoms with Gasteiger partial charge >= 0.3 is 5.97 Å². The molecule has 0 spiro atoms. The monoisotopic (exact) mass is 430 g/mol. The van der Waals surface area contributed by atoms with E-state index < -0.39 is 18.1 Å². The Kier molecular flexibility index (Phi) is 6.26. The molecular formula is C25H22N2O3S. The van der Waals surface area contributed by atoms with Gasteiger partial charge in [-0.05, 0) is 35.8 Å². The summed E-state index contributed by atoms with van der Waals surface area (Å²) < 4.78 is 6.02. The molecule has 2 heterocycles. The summed E-state index contributed by atoms with van der Waals surface area (Å²) in [5, 5.41) is -0.253. The first-order valence-corrected chi connectivity index (χ1v) is 11.0. The molecule has 0 radical (unpaired) electrons. The van der Waals surface area contributed by atoms with Gasteiger partial charge in [0.05, 0.1) is 0 Å². The number of benzene rings is 2. The molecule has 4 rings (SSSR count). The quantitative estimate of drug-likeness (QED) is 0.447. The maximum atomic E-state index is 13.4. The average Bonchev–Trinajstić information content (AvgIpc) is 2.82. The molecule has 0 saturated carbocycles. The van der Waals surface area contributed by atoms with E-state index in [0.717, 1.165) is 11.1 Å². The number of hydrogen-bond acceptors (Lipinski definition) is 5. The third-order valence-corrected chi connectivity index (χ3v) is 6.50. The van der Waals surface area contributed by atoms with Crippen molar-refractivity contribution in [3.05, 3.63) is 95.2 Å². The van der Waals surface area contributed by atoms with Crippen molar-refractivity contribution in [2.24, 2.45) is 5.73 Å². The normalized spacial score (nSPS) is 20.2. The Balaban J connectivity index is 1.71. The molecule has 31 heavy (non-hydrogen) atoms. The van der Waals surface area contributed by atoms with Gasteiger partial charge in [0.2, 0.25) is 5.91 Å². The first-order chi connectivity index (χ1) is 15.1. The lowest BCUT2D eigenvalue weighted by atomic mass is 10.0. The van der Waals surface area contributed by atoms with Crippen LogP contribution >= 0.6 is 11.8 Å². The van der Waals surface area contributed by atoms with Gasteiger partial charge in [-0.15, -0.1) is 17.7 Å². The molecule has 2 aromatic rings. The second-order valence-electron chi connectivity index (χ2n) is 7.14. The Bertz CT molecular complexity index is 1060. The van der Waals surface area contributed by atoms with Crippen LogP contribution in [-0.4, -0.2) is 33.9 Å². The highest BCUT2D eigenvalue weighted by Gasteiger charge is 2.52. The topological polar surface area (TPSA) is 72.6 Å². The highest BCUT2D eigenvalue weighted by Crippen LogP contribution is 2.41. The summed E-state index contributed by atoms with van der Waals surface area (Å²) in [6.45, 7) is 1.74. The van der Waals surface area contributed by atoms with Crippen LogP contribution in [0.5, 0.6) is 0 Å². The molecule has 2 atom stereocenters. The number of esters is 1. The van der Waals surface area contributed by atoms with Gasteiger partial charge in [-0.3, -0.25) is 9.69 Å². The number of thioether (sulfide) groups is 1. The fourth-order valence-electron chi connectivity index (χ4n) is 3.63. The van der Waals surface area contributed by atoms with Crippen LogP contribution in [0.3, 0.4) is 0 Å². The largest absolute Gasteiger partial charge is 0.448 e. The number of rotatable bonds is 5. The number of carbonyl (C=O) groups is 2. The average molecular weight is 431 g/mol. The number of nitrogens with zero attached hydrogens (tertiary/aromatic N) is 1. The smallest absolute Gasteiger partial charge is 0.356 e. The van der Waals surface area contributed by atoms with E-state index >= 15 is 0 Å². The Morgan fingerprint density at radius 1 is 1.16 bits per heavy atom. The molecule has 5 nitrogen and oxygen atoms in total. The lowest BCUT2D eigenvalue weighted by Gasteiger charge is -2.48. The van der Waals surface area contributed by atoms with E-state index in [1.807, 2.05) is 60.7 Å². The van der Waals surface area contributed by atoms with Crippen LogP contribution in [-0.2, 0) is 14.3 Å². The summed E-state index contributed by atoms with van der Waals surface area (Å²) in [7, 11) is 0. The third-order valence-electron chi connectivity index (χ3n) is 5.17. The molecule has 6 heteroatoms. The molecule has 0 aliphatic carbocycles.